The van der Waals surface area contributed by atoms with Crippen molar-refractivity contribution in [3.8, 4) is 0 Å². The minimum Gasteiger partial charge on any atom is -0.308 e. The van der Waals surface area contributed by atoms with E-state index in [9.17, 15) is 9.59 Å². The van der Waals surface area contributed by atoms with Crippen LogP contribution in [0.1, 0.15) is 11.4 Å². The number of carbonyl (C=O) groups excluding carboxylic acids is 1. The Balaban J connectivity index is 1.58. The van der Waals surface area contributed by atoms with Crippen LogP contribution in [0.25, 0.3) is 10.2 Å². The van der Waals surface area contributed by atoms with Crippen LogP contribution in [0.2, 0.25) is 0 Å². The van der Waals surface area contributed by atoms with Gasteiger partial charge in [-0.25, -0.2) is 9.97 Å². The number of aromatic nitrogens is 5. The Morgan fingerprint density at radius 1 is 1.39 bits per heavy atom. The zero-order valence-corrected chi connectivity index (χ0v) is 16.6. The van der Waals surface area contributed by atoms with Gasteiger partial charge in [-0.1, -0.05) is 17.8 Å². The monoisotopic (exact) mass is 413 g/mol. The van der Waals surface area contributed by atoms with Crippen molar-refractivity contribution < 1.29 is 9.78 Å². The molecule has 0 bridgehead atoms. The first-order valence-corrected chi connectivity index (χ1v) is 10.3. The number of nitrogens with zero attached hydrogens (tertiary/aromatic N) is 3. The number of pyridine rings is 1. The van der Waals surface area contributed by atoms with E-state index >= 15 is 0 Å². The number of nitrogens with one attached hydrogen (secondary N) is 3. The summed E-state index contributed by atoms with van der Waals surface area (Å²) >= 11 is 2.59. The largest absolute Gasteiger partial charge is 0.308 e. The summed E-state index contributed by atoms with van der Waals surface area (Å²) in [5, 5.41) is 11.8. The highest BCUT2D eigenvalue weighted by atomic mass is 32.2. The maximum atomic E-state index is 12.9. The molecule has 4 heterocycles. The van der Waals surface area contributed by atoms with Crippen LogP contribution in [-0.2, 0) is 11.3 Å². The molecule has 28 heavy (non-hydrogen) atoms. The zero-order chi connectivity index (χ0) is 19.5. The Kier molecular flexibility index (Phi) is 5.22. The summed E-state index contributed by atoms with van der Waals surface area (Å²) in [7, 11) is 0. The second kappa shape index (κ2) is 7.95. The van der Waals surface area contributed by atoms with Gasteiger partial charge in [0, 0.05) is 23.9 Å². The molecule has 0 aliphatic carbocycles. The number of anilines is 1. The lowest BCUT2D eigenvalue weighted by molar-refractivity contribution is -0.391. The van der Waals surface area contributed by atoms with Crippen molar-refractivity contribution in [1.29, 1.82) is 0 Å². The average molecular weight is 414 g/mol. The van der Waals surface area contributed by atoms with Gasteiger partial charge in [0.05, 0.1) is 11.3 Å². The number of aryl methyl sites for hydroxylation is 1. The van der Waals surface area contributed by atoms with E-state index in [1.165, 1.54) is 23.1 Å². The molecule has 0 saturated heterocycles. The van der Waals surface area contributed by atoms with Crippen LogP contribution in [0, 0.1) is 6.92 Å². The van der Waals surface area contributed by atoms with Crippen LogP contribution in [0.15, 0.2) is 51.9 Å². The number of hydrogen-bond donors (Lipinski definition) is 2. The first-order chi connectivity index (χ1) is 13.6. The van der Waals surface area contributed by atoms with E-state index in [1.807, 2.05) is 42.8 Å². The summed E-state index contributed by atoms with van der Waals surface area (Å²) in [5.74, 6) is 0.376. The van der Waals surface area contributed by atoms with Gasteiger partial charge in [-0.2, -0.15) is 5.10 Å². The Morgan fingerprint density at radius 2 is 2.29 bits per heavy atom. The molecule has 0 spiro atoms. The number of aromatic amines is 2. The predicted molar refractivity (Wildman–Crippen MR) is 109 cm³/mol. The molecule has 0 unspecified atom stereocenters. The van der Waals surface area contributed by atoms with Crippen molar-refractivity contribution in [1.82, 2.24) is 19.7 Å². The van der Waals surface area contributed by atoms with Gasteiger partial charge in [-0.15, -0.1) is 11.3 Å². The molecule has 4 aromatic rings. The second-order valence-electron chi connectivity index (χ2n) is 6.08. The number of thioether (sulfide) groups is 1. The Labute approximate surface area is 168 Å². The van der Waals surface area contributed by atoms with E-state index in [0.29, 0.717) is 27.7 Å². The second-order valence-corrected chi connectivity index (χ2v) is 7.94. The van der Waals surface area contributed by atoms with Crippen LogP contribution < -0.4 is 15.9 Å². The van der Waals surface area contributed by atoms with Gasteiger partial charge in [0.25, 0.3) is 5.56 Å². The van der Waals surface area contributed by atoms with Crippen molar-refractivity contribution in [2.45, 2.75) is 18.6 Å². The van der Waals surface area contributed by atoms with Crippen LogP contribution in [0.3, 0.4) is 0 Å². The summed E-state index contributed by atoms with van der Waals surface area (Å²) in [6.07, 6.45) is 1.81. The standard InChI is InChI=1S/C18H16N6O2S2/c1-11-8-14(23-22-11)21-15(25)10-28-18-20-13-5-7-27-16(13)17(26)24(18)9-12-4-2-3-6-19-12/h2-8H,9-10H2,1H3,(H2,21,22,23,25)/p+1. The van der Waals surface area contributed by atoms with Gasteiger partial charge in [-0.3, -0.25) is 19.3 Å². The molecule has 142 valence electrons. The third kappa shape index (κ3) is 3.97. The summed E-state index contributed by atoms with van der Waals surface area (Å²) in [6.45, 7) is 2.21. The summed E-state index contributed by atoms with van der Waals surface area (Å²) < 4.78 is 2.21. The predicted octanol–water partition coefficient (Wildman–Crippen LogP) is 2.08. The SMILES string of the molecule is Cc1cc(NC(=O)CSc2nc3ccsc3c(=O)n2Cc2cccc[nH+]2)n[nH]1. The molecule has 0 radical (unpaired) electrons. The molecule has 1 amide bonds. The van der Waals surface area contributed by atoms with Gasteiger partial charge in [0.15, 0.2) is 22.9 Å². The number of fused-ring (bicyclic) bond motifs is 1. The van der Waals surface area contributed by atoms with Crippen molar-refractivity contribution in [2.75, 3.05) is 11.1 Å². The van der Waals surface area contributed by atoms with Gasteiger partial charge in [0.1, 0.15) is 11.2 Å². The molecule has 0 fully saturated rings. The Bertz CT molecular complexity index is 1180. The van der Waals surface area contributed by atoms with E-state index in [-0.39, 0.29) is 17.2 Å². The highest BCUT2D eigenvalue weighted by molar-refractivity contribution is 7.99. The highest BCUT2D eigenvalue weighted by Crippen LogP contribution is 2.21. The van der Waals surface area contributed by atoms with E-state index in [2.05, 4.69) is 25.5 Å². The maximum Gasteiger partial charge on any atom is 0.272 e. The first-order valence-electron chi connectivity index (χ1n) is 8.48. The average Bonchev–Trinajstić information content (AvgIpc) is 3.32. The fourth-order valence-corrected chi connectivity index (χ4v) is 4.24. The number of H-pyrrole nitrogens is 2. The normalized spacial score (nSPS) is 11.0. The highest BCUT2D eigenvalue weighted by Gasteiger charge is 2.16. The lowest BCUT2D eigenvalue weighted by Crippen LogP contribution is -2.26. The molecule has 4 aromatic heterocycles. The molecule has 10 heteroatoms. The minimum absolute atomic E-state index is 0.108. The van der Waals surface area contributed by atoms with E-state index in [0.717, 1.165) is 11.4 Å². The Hall–Kier alpha value is -2.98. The number of thiophene rings is 1. The summed E-state index contributed by atoms with van der Waals surface area (Å²) in [5.41, 5.74) is 2.28. The lowest BCUT2D eigenvalue weighted by atomic mass is 10.3. The van der Waals surface area contributed by atoms with Crippen molar-refractivity contribution in [3.63, 3.8) is 0 Å². The van der Waals surface area contributed by atoms with Crippen molar-refractivity contribution in [2.24, 2.45) is 0 Å². The number of amides is 1. The molecule has 4 rings (SSSR count). The van der Waals surface area contributed by atoms with Gasteiger partial charge in [-0.05, 0) is 18.4 Å². The third-order valence-corrected chi connectivity index (χ3v) is 5.81. The van der Waals surface area contributed by atoms with E-state index in [1.54, 1.807) is 10.6 Å². The van der Waals surface area contributed by atoms with Crippen LogP contribution >= 0.6 is 23.1 Å². The molecule has 3 N–H and O–H groups in total. The summed E-state index contributed by atoms with van der Waals surface area (Å²) in [6, 6.07) is 9.26. The van der Waals surface area contributed by atoms with Crippen LogP contribution in [0.5, 0.6) is 0 Å². The molecule has 8 nitrogen and oxygen atoms in total. The molecule has 0 aliphatic rings. The number of rotatable bonds is 6. The third-order valence-electron chi connectivity index (χ3n) is 3.94. The lowest BCUT2D eigenvalue weighted by Gasteiger charge is -2.10. The molecule has 0 aliphatic heterocycles. The molecule has 0 aromatic carbocycles. The van der Waals surface area contributed by atoms with E-state index in [4.69, 9.17) is 0 Å². The topological polar surface area (TPSA) is 107 Å². The first kappa shape index (κ1) is 18.4. The quantitative estimate of drug-likeness (QED) is 0.372. The van der Waals surface area contributed by atoms with Crippen LogP contribution in [-0.4, -0.2) is 31.4 Å². The fraction of sp³-hybridized carbons (Fsp3) is 0.167. The fourth-order valence-electron chi connectivity index (χ4n) is 2.66. The van der Waals surface area contributed by atoms with Gasteiger partial charge < -0.3 is 5.32 Å². The molecule has 0 saturated carbocycles. The molecule has 0 atom stereocenters. The van der Waals surface area contributed by atoms with Crippen molar-refractivity contribution >= 4 is 45.0 Å². The van der Waals surface area contributed by atoms with Gasteiger partial charge in [0.2, 0.25) is 5.91 Å². The van der Waals surface area contributed by atoms with Crippen molar-refractivity contribution in [3.05, 3.63) is 63.7 Å². The Morgan fingerprint density at radius 3 is 3.04 bits per heavy atom. The zero-order valence-electron chi connectivity index (χ0n) is 14.9. The minimum atomic E-state index is -0.214. The number of hydrogen-bond acceptors (Lipinski definition) is 6. The number of carbonyl (C=O) groups is 1. The summed E-state index contributed by atoms with van der Waals surface area (Å²) in [4.78, 5) is 32.9. The molecular formula is C18H17N6O2S2+. The smallest absolute Gasteiger partial charge is 0.272 e. The maximum absolute atomic E-state index is 12.9. The van der Waals surface area contributed by atoms with Gasteiger partial charge >= 0.3 is 0 Å². The molecular weight excluding hydrogens is 396 g/mol. The van der Waals surface area contributed by atoms with E-state index < -0.39 is 0 Å². The van der Waals surface area contributed by atoms with Crippen LogP contribution in [0.4, 0.5) is 5.82 Å².